The van der Waals surface area contributed by atoms with Crippen LogP contribution in [0.25, 0.3) is 0 Å². The molecular formula is C39H67NO13. The molecule has 0 radical (unpaired) electrons. The van der Waals surface area contributed by atoms with Crippen LogP contribution in [0.15, 0.2) is 24.3 Å². The largest absolute Gasteiger partial charge is 0.462 e. The van der Waals surface area contributed by atoms with Gasteiger partial charge in [-0.3, -0.25) is 4.79 Å². The molecule has 3 heterocycles. The lowest BCUT2D eigenvalue weighted by Gasteiger charge is -2.51. The first-order chi connectivity index (χ1) is 25.1. The molecular weight excluding hydrogens is 690 g/mol. The molecule has 2 fully saturated rings. The average molecular weight is 758 g/mol. The smallest absolute Gasteiger partial charge is 0.308 e. The number of methoxy groups -OCH3 is 2. The number of carbonyl (C=O) groups excluding carboxylic acids is 2. The zero-order valence-electron chi connectivity index (χ0n) is 33.4. The molecule has 0 aliphatic carbocycles. The summed E-state index contributed by atoms with van der Waals surface area (Å²) in [6, 6.07) is -0.650. The number of ether oxygens (including phenoxy) is 8. The van der Waals surface area contributed by atoms with Gasteiger partial charge in [-0.1, -0.05) is 38.2 Å². The zero-order valence-corrected chi connectivity index (χ0v) is 33.4. The van der Waals surface area contributed by atoms with Crippen LogP contribution in [0.1, 0.15) is 80.1 Å². The number of nitrogens with zero attached hydrogens (tertiary/aromatic N) is 1. The lowest BCUT2D eigenvalue weighted by Crippen LogP contribution is -2.66. The van der Waals surface area contributed by atoms with Crippen LogP contribution >= 0.6 is 0 Å². The highest BCUT2D eigenvalue weighted by molar-refractivity contribution is 5.70. The van der Waals surface area contributed by atoms with E-state index in [2.05, 4.69) is 0 Å². The molecule has 0 spiro atoms. The molecule has 14 nitrogen and oxygen atoms in total. The minimum absolute atomic E-state index is 0.0148. The number of esters is 1. The number of hydrogen-bond acceptors (Lipinski definition) is 14. The molecule has 0 aromatic heterocycles. The molecule has 3 rings (SSSR count). The SMILES string of the molecule is CCCO[C@@H]1[C@@H](C)O[C@H](O[C@@H]2[C@@H](N(C)C)[C@H](O)[C@@H](O[C@H]3[C@@H](CC=O)C[C@@H](C)[C@@H](O)/C=C/C=C/C[C@@H](C)OC(=O)C[C@@H](O)[C@@H]3OC)O[C@H]2C)C[C@]1(C)OC. The van der Waals surface area contributed by atoms with Crippen LogP contribution in [-0.2, 0) is 47.5 Å². The van der Waals surface area contributed by atoms with Gasteiger partial charge in [0.15, 0.2) is 12.6 Å². The molecule has 3 N–H and O–H groups in total. The summed E-state index contributed by atoms with van der Waals surface area (Å²) in [6.45, 7) is 11.9. The molecule has 0 aromatic rings. The highest BCUT2D eigenvalue weighted by atomic mass is 16.7. The minimum atomic E-state index is -1.40. The number of aldehydes is 1. The number of aliphatic hydroxyl groups is 3. The van der Waals surface area contributed by atoms with Crippen molar-refractivity contribution in [2.45, 2.75) is 165 Å². The minimum Gasteiger partial charge on any atom is -0.462 e. The maximum absolute atomic E-state index is 12.9. The van der Waals surface area contributed by atoms with E-state index in [9.17, 15) is 24.9 Å². The third-order valence-electron chi connectivity index (χ3n) is 10.7. The van der Waals surface area contributed by atoms with Crippen molar-refractivity contribution in [1.82, 2.24) is 4.90 Å². The van der Waals surface area contributed by atoms with E-state index >= 15 is 0 Å². The summed E-state index contributed by atoms with van der Waals surface area (Å²) < 4.78 is 49.3. The molecule has 3 aliphatic heterocycles. The second-order valence-corrected chi connectivity index (χ2v) is 15.3. The van der Waals surface area contributed by atoms with Crippen LogP contribution in [0.3, 0.4) is 0 Å². The number of cyclic esters (lactones) is 1. The summed E-state index contributed by atoms with van der Waals surface area (Å²) in [4.78, 5) is 26.9. The molecule has 306 valence electrons. The molecule has 16 atom stereocenters. The van der Waals surface area contributed by atoms with Crippen molar-refractivity contribution in [2.75, 3.05) is 34.9 Å². The van der Waals surface area contributed by atoms with Gasteiger partial charge in [0.2, 0.25) is 0 Å². The number of hydrogen-bond donors (Lipinski definition) is 3. The lowest BCUT2D eigenvalue weighted by molar-refractivity contribution is -0.347. The van der Waals surface area contributed by atoms with E-state index in [4.69, 9.17) is 37.9 Å². The highest BCUT2D eigenvalue weighted by Crippen LogP contribution is 2.38. The van der Waals surface area contributed by atoms with E-state index in [1.807, 2.05) is 59.7 Å². The van der Waals surface area contributed by atoms with E-state index in [-0.39, 0.29) is 31.0 Å². The standard InChI is InChI=1S/C39H67NO13/c1-11-19-48-37-26(5)50-31(22-39(37,6)47-10)52-34-25(4)51-38(33(45)32(34)40(7)8)53-35-27(17-18-41)20-23(2)28(42)16-14-12-13-15-24(3)49-30(44)21-29(43)36(35)46-9/h12-14,16,18,23-29,31-38,42-43,45H,11,15,17,19-22H2,1-10H3/b13-12+,16-14+/t23-,24-,25+,26-,27+,28+,29-,31-,32+,33+,34+,35+,36+,37-,38-,39+/m1/s1. The van der Waals surface area contributed by atoms with Crippen molar-refractivity contribution in [1.29, 1.82) is 0 Å². The van der Waals surface area contributed by atoms with Gasteiger partial charge in [0.25, 0.3) is 0 Å². The van der Waals surface area contributed by atoms with Gasteiger partial charge in [-0.05, 0) is 66.5 Å². The summed E-state index contributed by atoms with van der Waals surface area (Å²) >= 11 is 0. The lowest BCUT2D eigenvalue weighted by atomic mass is 9.82. The van der Waals surface area contributed by atoms with Gasteiger partial charge in [-0.15, -0.1) is 0 Å². The van der Waals surface area contributed by atoms with Crippen molar-refractivity contribution in [2.24, 2.45) is 11.8 Å². The number of aliphatic hydroxyl groups excluding tert-OH is 3. The van der Waals surface area contributed by atoms with Crippen LogP contribution in [0.5, 0.6) is 0 Å². The molecule has 0 unspecified atom stereocenters. The number of likely N-dealkylation sites (N-methyl/N-ethyl adjacent to an activating group) is 1. The quantitative estimate of drug-likeness (QED) is 0.196. The van der Waals surface area contributed by atoms with E-state index in [0.29, 0.717) is 19.4 Å². The van der Waals surface area contributed by atoms with Gasteiger partial charge >= 0.3 is 5.97 Å². The van der Waals surface area contributed by atoms with Gasteiger partial charge in [-0.2, -0.15) is 0 Å². The van der Waals surface area contributed by atoms with Gasteiger partial charge < -0.3 is 62.9 Å². The predicted octanol–water partition coefficient (Wildman–Crippen LogP) is 2.93. The molecule has 0 amide bonds. The average Bonchev–Trinajstić information content (AvgIpc) is 3.08. The van der Waals surface area contributed by atoms with Crippen molar-refractivity contribution >= 4 is 12.3 Å². The molecule has 14 heteroatoms. The molecule has 2 saturated heterocycles. The second-order valence-electron chi connectivity index (χ2n) is 15.3. The maximum atomic E-state index is 12.9. The fourth-order valence-electron chi connectivity index (χ4n) is 7.77. The van der Waals surface area contributed by atoms with Crippen molar-refractivity contribution in [3.63, 3.8) is 0 Å². The summed E-state index contributed by atoms with van der Waals surface area (Å²) in [5.41, 5.74) is -0.691. The summed E-state index contributed by atoms with van der Waals surface area (Å²) in [7, 11) is 6.66. The molecule has 3 aliphatic rings. The van der Waals surface area contributed by atoms with Gasteiger partial charge in [0, 0.05) is 40.1 Å². The van der Waals surface area contributed by atoms with E-state index in [1.165, 1.54) is 7.11 Å². The molecule has 0 aromatic carbocycles. The predicted molar refractivity (Wildman–Crippen MR) is 196 cm³/mol. The Hall–Kier alpha value is -1.82. The van der Waals surface area contributed by atoms with Gasteiger partial charge in [-0.25, -0.2) is 0 Å². The molecule has 0 bridgehead atoms. The highest BCUT2D eigenvalue weighted by Gasteiger charge is 2.52. The van der Waals surface area contributed by atoms with Crippen LogP contribution in [0.2, 0.25) is 0 Å². The Bertz CT molecular complexity index is 1170. The second kappa shape index (κ2) is 21.5. The molecule has 0 saturated carbocycles. The fourth-order valence-corrected chi connectivity index (χ4v) is 7.77. The Morgan fingerprint density at radius 2 is 1.72 bits per heavy atom. The van der Waals surface area contributed by atoms with Gasteiger partial charge in [0.1, 0.15) is 36.8 Å². The first-order valence-electron chi connectivity index (χ1n) is 19.1. The van der Waals surface area contributed by atoms with E-state index < -0.39 is 91.4 Å². The normalized spacial score (nSPS) is 43.6. The molecule has 53 heavy (non-hydrogen) atoms. The van der Waals surface area contributed by atoms with Crippen LogP contribution < -0.4 is 0 Å². The number of allylic oxidation sites excluding steroid dienone is 2. The summed E-state index contributed by atoms with van der Waals surface area (Å²) in [5, 5.41) is 34.4. The Morgan fingerprint density at radius 1 is 1.00 bits per heavy atom. The Balaban J connectivity index is 1.93. The van der Waals surface area contributed by atoms with Crippen molar-refractivity contribution in [3.05, 3.63) is 24.3 Å². The zero-order chi connectivity index (χ0) is 39.5. The van der Waals surface area contributed by atoms with E-state index in [1.54, 1.807) is 32.3 Å². The van der Waals surface area contributed by atoms with Crippen molar-refractivity contribution in [3.8, 4) is 0 Å². The first kappa shape index (κ1) is 45.6. The van der Waals surface area contributed by atoms with Crippen LogP contribution in [0, 0.1) is 11.8 Å². The van der Waals surface area contributed by atoms with Crippen molar-refractivity contribution < 1.29 is 62.8 Å². The number of rotatable bonds is 12. The van der Waals surface area contributed by atoms with Crippen LogP contribution in [0.4, 0.5) is 0 Å². The topological polar surface area (TPSA) is 172 Å². The summed E-state index contributed by atoms with van der Waals surface area (Å²) in [6.07, 6.45) is -0.820. The number of carbonyl (C=O) groups is 2. The summed E-state index contributed by atoms with van der Waals surface area (Å²) in [5.74, 6) is -1.58. The van der Waals surface area contributed by atoms with E-state index in [0.717, 1.165) is 12.7 Å². The monoisotopic (exact) mass is 757 g/mol. The maximum Gasteiger partial charge on any atom is 0.308 e. The Labute approximate surface area is 316 Å². The van der Waals surface area contributed by atoms with Crippen LogP contribution in [-0.4, -0.2) is 153 Å². The van der Waals surface area contributed by atoms with Gasteiger partial charge in [0.05, 0.1) is 48.6 Å². The fraction of sp³-hybridized carbons (Fsp3) is 0.846. The third kappa shape index (κ3) is 12.3. The Kier molecular flexibility index (Phi) is 18.5. The third-order valence-corrected chi connectivity index (χ3v) is 10.7. The Morgan fingerprint density at radius 3 is 2.34 bits per heavy atom. The first-order valence-corrected chi connectivity index (χ1v) is 19.1.